The van der Waals surface area contributed by atoms with Crippen LogP contribution in [0.2, 0.25) is 0 Å². The summed E-state index contributed by atoms with van der Waals surface area (Å²) >= 11 is 0. The van der Waals surface area contributed by atoms with Crippen LogP contribution in [0.4, 0.5) is 5.69 Å². The highest BCUT2D eigenvalue weighted by atomic mass is 16.6. The van der Waals surface area contributed by atoms with Crippen LogP contribution in [0, 0.1) is 6.92 Å². The summed E-state index contributed by atoms with van der Waals surface area (Å²) in [6.45, 7) is 2.50. The van der Waals surface area contributed by atoms with Gasteiger partial charge in [0.15, 0.2) is 0 Å². The molecule has 2 aromatic rings. The fraction of sp³-hybridized carbons (Fsp3) is 0.235. The van der Waals surface area contributed by atoms with Crippen molar-refractivity contribution >= 4 is 11.7 Å². The number of hydrogen-bond acceptors (Lipinski definition) is 5. The Balaban J connectivity index is 1.61. The first kappa shape index (κ1) is 15.9. The summed E-state index contributed by atoms with van der Waals surface area (Å²) in [7, 11) is 0. The molecule has 2 rings (SSSR count). The van der Waals surface area contributed by atoms with Gasteiger partial charge in [-0.3, -0.25) is 0 Å². The highest BCUT2D eigenvalue weighted by Gasteiger charge is 2.04. The molecule has 22 heavy (non-hydrogen) atoms. The number of hydrogen-bond donors (Lipinski definition) is 1. The minimum absolute atomic E-state index is 0.112. The van der Waals surface area contributed by atoms with Gasteiger partial charge in [0.1, 0.15) is 24.7 Å². The lowest BCUT2D eigenvalue weighted by atomic mass is 10.2. The smallest absolute Gasteiger partial charge is 0.337 e. The minimum atomic E-state index is -0.434. The average molecular weight is 301 g/mol. The molecular weight excluding hydrogens is 282 g/mol. The summed E-state index contributed by atoms with van der Waals surface area (Å²) in [5.74, 6) is 0.786. The molecule has 0 aliphatic rings. The van der Waals surface area contributed by atoms with Crippen LogP contribution < -0.4 is 15.2 Å². The van der Waals surface area contributed by atoms with Crippen LogP contribution in [0.3, 0.4) is 0 Å². The van der Waals surface area contributed by atoms with Crippen molar-refractivity contribution in [3.05, 3.63) is 54.1 Å². The number of carbonyl (C=O) groups is 1. The van der Waals surface area contributed by atoms with Gasteiger partial charge < -0.3 is 19.9 Å². The number of nitrogens with two attached hydrogens (primary N) is 1. The standard InChI is InChI=1S/C17H19NO4/c1-13-2-6-16(7-3-13)22-17(19)12-20-10-11-21-15-8-4-14(18)5-9-15/h2-9H,10-12,18H2,1H3. The second-order valence-corrected chi connectivity index (χ2v) is 4.76. The Hall–Kier alpha value is -2.53. The average Bonchev–Trinajstić information content (AvgIpc) is 2.51. The first-order valence-electron chi connectivity index (χ1n) is 6.97. The van der Waals surface area contributed by atoms with E-state index in [0.29, 0.717) is 30.4 Å². The fourth-order valence-corrected chi connectivity index (χ4v) is 1.71. The van der Waals surface area contributed by atoms with Crippen LogP contribution in [-0.4, -0.2) is 25.8 Å². The van der Waals surface area contributed by atoms with Crippen molar-refractivity contribution in [2.75, 3.05) is 25.6 Å². The summed E-state index contributed by atoms with van der Waals surface area (Å²) in [5, 5.41) is 0. The van der Waals surface area contributed by atoms with Crippen molar-refractivity contribution in [2.24, 2.45) is 0 Å². The molecule has 0 saturated carbocycles. The molecule has 2 aromatic carbocycles. The Bertz CT molecular complexity index is 593. The summed E-state index contributed by atoms with van der Waals surface area (Å²) in [6.07, 6.45) is 0. The molecule has 0 fully saturated rings. The van der Waals surface area contributed by atoms with Crippen LogP contribution in [-0.2, 0) is 9.53 Å². The van der Waals surface area contributed by atoms with Gasteiger partial charge in [-0.1, -0.05) is 17.7 Å². The third-order valence-electron chi connectivity index (χ3n) is 2.85. The number of aryl methyl sites for hydroxylation is 1. The zero-order valence-electron chi connectivity index (χ0n) is 12.5. The second-order valence-electron chi connectivity index (χ2n) is 4.76. The fourth-order valence-electron chi connectivity index (χ4n) is 1.71. The van der Waals surface area contributed by atoms with Crippen molar-refractivity contribution in [2.45, 2.75) is 6.92 Å². The Morgan fingerprint density at radius 2 is 1.59 bits per heavy atom. The molecule has 0 aliphatic heterocycles. The summed E-state index contributed by atoms with van der Waals surface area (Å²) in [4.78, 5) is 11.6. The molecule has 0 atom stereocenters. The summed E-state index contributed by atoms with van der Waals surface area (Å²) in [5.41, 5.74) is 7.37. The van der Waals surface area contributed by atoms with Gasteiger partial charge in [0.05, 0.1) is 6.61 Å². The second kappa shape index (κ2) is 8.05. The lowest BCUT2D eigenvalue weighted by Gasteiger charge is -2.08. The Labute approximate surface area is 129 Å². The van der Waals surface area contributed by atoms with E-state index in [1.54, 1.807) is 36.4 Å². The number of carbonyl (C=O) groups excluding carboxylic acids is 1. The van der Waals surface area contributed by atoms with Gasteiger partial charge in [-0.25, -0.2) is 4.79 Å². The third kappa shape index (κ3) is 5.46. The molecule has 0 unspecified atom stereocenters. The van der Waals surface area contributed by atoms with E-state index in [1.165, 1.54) is 0 Å². The van der Waals surface area contributed by atoms with Crippen molar-refractivity contribution in [3.8, 4) is 11.5 Å². The number of nitrogen functional groups attached to an aromatic ring is 1. The van der Waals surface area contributed by atoms with Gasteiger partial charge in [0, 0.05) is 5.69 Å². The zero-order chi connectivity index (χ0) is 15.8. The molecule has 0 heterocycles. The predicted molar refractivity (Wildman–Crippen MR) is 84.0 cm³/mol. The van der Waals surface area contributed by atoms with Crippen LogP contribution >= 0.6 is 0 Å². The number of benzene rings is 2. The zero-order valence-corrected chi connectivity index (χ0v) is 12.5. The van der Waals surface area contributed by atoms with Crippen molar-refractivity contribution < 1.29 is 19.0 Å². The molecule has 5 nitrogen and oxygen atoms in total. The van der Waals surface area contributed by atoms with Gasteiger partial charge in [-0.2, -0.15) is 0 Å². The van der Waals surface area contributed by atoms with Gasteiger partial charge in [0.25, 0.3) is 0 Å². The van der Waals surface area contributed by atoms with E-state index in [1.807, 2.05) is 19.1 Å². The van der Waals surface area contributed by atoms with E-state index < -0.39 is 5.97 Å². The monoisotopic (exact) mass is 301 g/mol. The molecule has 2 N–H and O–H groups in total. The molecule has 0 spiro atoms. The lowest BCUT2D eigenvalue weighted by molar-refractivity contribution is -0.139. The number of anilines is 1. The van der Waals surface area contributed by atoms with Gasteiger partial charge >= 0.3 is 5.97 Å². The quantitative estimate of drug-likeness (QED) is 0.368. The molecule has 0 amide bonds. The molecule has 0 aromatic heterocycles. The minimum Gasteiger partial charge on any atom is -0.491 e. The van der Waals surface area contributed by atoms with Crippen molar-refractivity contribution in [1.29, 1.82) is 0 Å². The maximum absolute atomic E-state index is 11.6. The van der Waals surface area contributed by atoms with E-state index >= 15 is 0 Å². The normalized spacial score (nSPS) is 10.2. The molecule has 0 saturated heterocycles. The summed E-state index contributed by atoms with van der Waals surface area (Å²) in [6, 6.07) is 14.3. The van der Waals surface area contributed by atoms with E-state index in [9.17, 15) is 4.79 Å². The maximum atomic E-state index is 11.6. The first-order valence-corrected chi connectivity index (χ1v) is 6.97. The number of esters is 1. The molecule has 5 heteroatoms. The van der Waals surface area contributed by atoms with Crippen LogP contribution in [0.15, 0.2) is 48.5 Å². The Kier molecular flexibility index (Phi) is 5.80. The molecule has 116 valence electrons. The van der Waals surface area contributed by atoms with Crippen LogP contribution in [0.25, 0.3) is 0 Å². The van der Waals surface area contributed by atoms with E-state index in [0.717, 1.165) is 5.56 Å². The molecule has 0 bridgehead atoms. The molecule has 0 radical (unpaired) electrons. The number of rotatable bonds is 7. The number of ether oxygens (including phenoxy) is 3. The van der Waals surface area contributed by atoms with E-state index in [2.05, 4.69) is 0 Å². The van der Waals surface area contributed by atoms with E-state index in [-0.39, 0.29) is 6.61 Å². The van der Waals surface area contributed by atoms with E-state index in [4.69, 9.17) is 19.9 Å². The van der Waals surface area contributed by atoms with Gasteiger partial charge in [-0.05, 0) is 43.3 Å². The highest BCUT2D eigenvalue weighted by Crippen LogP contribution is 2.13. The lowest BCUT2D eigenvalue weighted by Crippen LogP contribution is -2.18. The van der Waals surface area contributed by atoms with Crippen molar-refractivity contribution in [3.63, 3.8) is 0 Å². The summed E-state index contributed by atoms with van der Waals surface area (Å²) < 4.78 is 15.8. The van der Waals surface area contributed by atoms with Gasteiger partial charge in [-0.15, -0.1) is 0 Å². The predicted octanol–water partition coefficient (Wildman–Crippen LogP) is 2.58. The first-order chi connectivity index (χ1) is 10.6. The van der Waals surface area contributed by atoms with Crippen LogP contribution in [0.5, 0.6) is 11.5 Å². The van der Waals surface area contributed by atoms with Crippen molar-refractivity contribution in [1.82, 2.24) is 0 Å². The topological polar surface area (TPSA) is 70.8 Å². The van der Waals surface area contributed by atoms with Crippen LogP contribution in [0.1, 0.15) is 5.56 Å². The third-order valence-corrected chi connectivity index (χ3v) is 2.85. The molecular formula is C17H19NO4. The SMILES string of the molecule is Cc1ccc(OC(=O)COCCOc2ccc(N)cc2)cc1. The van der Waals surface area contributed by atoms with Gasteiger partial charge in [0.2, 0.25) is 0 Å². The Morgan fingerprint density at radius 3 is 2.27 bits per heavy atom. The largest absolute Gasteiger partial charge is 0.491 e. The highest BCUT2D eigenvalue weighted by molar-refractivity contribution is 5.73. The Morgan fingerprint density at radius 1 is 0.955 bits per heavy atom. The molecule has 0 aliphatic carbocycles. The maximum Gasteiger partial charge on any atom is 0.337 e.